The van der Waals surface area contributed by atoms with Crippen LogP contribution in [0.2, 0.25) is 0 Å². The van der Waals surface area contributed by atoms with E-state index in [-0.39, 0.29) is 18.6 Å². The summed E-state index contributed by atoms with van der Waals surface area (Å²) in [5.41, 5.74) is 1.79. The summed E-state index contributed by atoms with van der Waals surface area (Å²) in [6.07, 6.45) is 3.39. The Hall–Kier alpha value is -2.75. The number of likely N-dealkylation sites (tertiary alicyclic amines) is 1. The third-order valence-corrected chi connectivity index (χ3v) is 5.01. The number of nitriles is 1. The number of carbonyl (C=O) groups is 1. The largest absolute Gasteiger partial charge is 0.469 e. The van der Waals surface area contributed by atoms with Gasteiger partial charge in [-0.05, 0) is 17.2 Å². The molecule has 0 unspecified atom stereocenters. The molecule has 134 valence electrons. The Kier molecular flexibility index (Phi) is 5.61. The Bertz CT molecular complexity index is 776. The van der Waals surface area contributed by atoms with Crippen molar-refractivity contribution in [2.75, 3.05) is 20.3 Å². The zero-order valence-corrected chi connectivity index (χ0v) is 14.5. The molecular weight excluding hydrogens is 330 g/mol. The van der Waals surface area contributed by atoms with Gasteiger partial charge < -0.3 is 9.84 Å². The predicted molar refractivity (Wildman–Crippen MR) is 94.9 cm³/mol. The average molecular weight is 351 g/mol. The highest BCUT2D eigenvalue weighted by molar-refractivity contribution is 5.76. The summed E-state index contributed by atoms with van der Waals surface area (Å²) in [4.78, 5) is 18.5. The zero-order valence-electron chi connectivity index (χ0n) is 14.5. The molecule has 6 heteroatoms. The molecule has 0 aliphatic carbocycles. The Morgan fingerprint density at radius 2 is 2.15 bits per heavy atom. The number of pyridine rings is 1. The van der Waals surface area contributed by atoms with Crippen LogP contribution in [0.3, 0.4) is 0 Å². The van der Waals surface area contributed by atoms with Crippen LogP contribution in [0.25, 0.3) is 0 Å². The molecular formula is C20H21N3O3. The fraction of sp³-hybridized carbons (Fsp3) is 0.350. The molecule has 1 aromatic carbocycles. The zero-order chi connectivity index (χ0) is 18.5. The number of carbonyl (C=O) groups excluding carboxylic acids is 1. The van der Waals surface area contributed by atoms with Crippen LogP contribution in [0.1, 0.15) is 23.1 Å². The number of benzene rings is 1. The van der Waals surface area contributed by atoms with Crippen LogP contribution in [0, 0.1) is 17.2 Å². The summed E-state index contributed by atoms with van der Waals surface area (Å²) in [5, 5.41) is 19.8. The van der Waals surface area contributed by atoms with Crippen molar-refractivity contribution < 1.29 is 14.6 Å². The number of aromatic nitrogens is 1. The molecule has 1 fully saturated rings. The summed E-state index contributed by atoms with van der Waals surface area (Å²) >= 11 is 0. The van der Waals surface area contributed by atoms with E-state index in [0.29, 0.717) is 6.54 Å². The highest BCUT2D eigenvalue weighted by atomic mass is 16.5. The molecule has 2 aromatic rings. The molecule has 2 heterocycles. The average Bonchev–Trinajstić information content (AvgIpc) is 3.09. The summed E-state index contributed by atoms with van der Waals surface area (Å²) in [6, 6.07) is 14.4. The van der Waals surface area contributed by atoms with Crippen LogP contribution >= 0.6 is 0 Å². The molecule has 0 radical (unpaired) electrons. The summed E-state index contributed by atoms with van der Waals surface area (Å²) in [5.74, 6) is -1.27. The summed E-state index contributed by atoms with van der Waals surface area (Å²) < 4.78 is 4.99. The van der Waals surface area contributed by atoms with E-state index >= 15 is 0 Å². The first-order chi connectivity index (χ1) is 12.7. The van der Waals surface area contributed by atoms with Gasteiger partial charge >= 0.3 is 5.97 Å². The number of ether oxygens (including phenoxy) is 1. The van der Waals surface area contributed by atoms with Crippen molar-refractivity contribution in [2.24, 2.45) is 5.92 Å². The van der Waals surface area contributed by atoms with Crippen molar-refractivity contribution >= 4 is 5.97 Å². The molecule has 6 nitrogen and oxygen atoms in total. The summed E-state index contributed by atoms with van der Waals surface area (Å²) in [6.45, 7) is 0.319. The van der Waals surface area contributed by atoms with Crippen LogP contribution in [-0.2, 0) is 9.53 Å². The lowest BCUT2D eigenvalue weighted by molar-refractivity contribution is -0.146. The van der Waals surface area contributed by atoms with E-state index in [1.54, 1.807) is 12.4 Å². The van der Waals surface area contributed by atoms with Gasteiger partial charge in [0.2, 0.25) is 0 Å². The molecule has 1 aromatic heterocycles. The number of hydrogen-bond donors (Lipinski definition) is 1. The third kappa shape index (κ3) is 3.32. The van der Waals surface area contributed by atoms with E-state index in [1.807, 2.05) is 47.4 Å². The number of aliphatic hydroxyl groups is 1. The molecule has 1 saturated heterocycles. The number of aliphatic hydroxyl groups excluding tert-OH is 1. The predicted octanol–water partition coefficient (Wildman–Crippen LogP) is 1.90. The number of hydrogen-bond acceptors (Lipinski definition) is 6. The van der Waals surface area contributed by atoms with Gasteiger partial charge in [0.05, 0.1) is 31.7 Å². The van der Waals surface area contributed by atoms with Crippen molar-refractivity contribution in [3.05, 3.63) is 66.0 Å². The van der Waals surface area contributed by atoms with Gasteiger partial charge in [-0.2, -0.15) is 5.26 Å². The van der Waals surface area contributed by atoms with Gasteiger partial charge in [-0.25, -0.2) is 0 Å². The molecule has 3 rings (SSSR count). The first kappa shape index (κ1) is 18.1. The minimum absolute atomic E-state index is 0.143. The molecule has 0 bridgehead atoms. The standard InChI is InChI=1S/C20H21N3O3/c1-26-20(25)19-16(15-8-5-9-22-11-15)12-23(17(19)10-21)18(13-24)14-6-3-2-4-7-14/h2-9,11,16-19,24H,12-13H2,1H3/t16-,17+,18+,19-/m1/s1. The minimum atomic E-state index is -0.690. The van der Waals surface area contributed by atoms with Gasteiger partial charge in [-0.15, -0.1) is 0 Å². The second kappa shape index (κ2) is 8.09. The fourth-order valence-corrected chi connectivity index (χ4v) is 3.77. The van der Waals surface area contributed by atoms with Gasteiger partial charge in [0.25, 0.3) is 0 Å². The van der Waals surface area contributed by atoms with Crippen molar-refractivity contribution in [1.82, 2.24) is 9.88 Å². The van der Waals surface area contributed by atoms with Crippen molar-refractivity contribution in [3.63, 3.8) is 0 Å². The molecule has 1 N–H and O–H groups in total. The smallest absolute Gasteiger partial charge is 0.312 e. The van der Waals surface area contributed by atoms with E-state index in [0.717, 1.165) is 11.1 Å². The number of methoxy groups -OCH3 is 1. The quantitative estimate of drug-likeness (QED) is 0.828. The third-order valence-electron chi connectivity index (χ3n) is 5.01. The molecule has 0 saturated carbocycles. The maximum atomic E-state index is 12.5. The molecule has 1 aliphatic heterocycles. The SMILES string of the molecule is COC(=O)[C@@H]1[C@@H](c2cccnc2)CN([C@@H](CO)c2ccccc2)[C@H]1C#N. The first-order valence-electron chi connectivity index (χ1n) is 8.50. The van der Waals surface area contributed by atoms with E-state index in [9.17, 15) is 15.2 Å². The van der Waals surface area contributed by atoms with E-state index in [2.05, 4.69) is 11.1 Å². The Balaban J connectivity index is 2.01. The van der Waals surface area contributed by atoms with Gasteiger partial charge in [0, 0.05) is 24.9 Å². The number of nitrogens with zero attached hydrogens (tertiary/aromatic N) is 3. The second-order valence-corrected chi connectivity index (χ2v) is 6.32. The molecule has 1 aliphatic rings. The Morgan fingerprint density at radius 3 is 2.73 bits per heavy atom. The minimum Gasteiger partial charge on any atom is -0.469 e. The van der Waals surface area contributed by atoms with Gasteiger partial charge in [-0.1, -0.05) is 36.4 Å². The summed E-state index contributed by atoms with van der Waals surface area (Å²) in [7, 11) is 1.33. The van der Waals surface area contributed by atoms with Crippen LogP contribution in [0.5, 0.6) is 0 Å². The maximum Gasteiger partial charge on any atom is 0.312 e. The lowest BCUT2D eigenvalue weighted by Crippen LogP contribution is -2.39. The Labute approximate surface area is 152 Å². The van der Waals surface area contributed by atoms with Crippen LogP contribution in [0.4, 0.5) is 0 Å². The topological polar surface area (TPSA) is 86.4 Å². The van der Waals surface area contributed by atoms with Crippen LogP contribution in [-0.4, -0.2) is 47.3 Å². The maximum absolute atomic E-state index is 12.5. The highest BCUT2D eigenvalue weighted by Crippen LogP contribution is 2.41. The van der Waals surface area contributed by atoms with E-state index < -0.39 is 17.9 Å². The fourth-order valence-electron chi connectivity index (χ4n) is 3.77. The molecule has 26 heavy (non-hydrogen) atoms. The highest BCUT2D eigenvalue weighted by Gasteiger charge is 2.49. The first-order valence-corrected chi connectivity index (χ1v) is 8.50. The lowest BCUT2D eigenvalue weighted by atomic mass is 9.86. The Morgan fingerprint density at radius 1 is 1.38 bits per heavy atom. The number of esters is 1. The van der Waals surface area contributed by atoms with Crippen molar-refractivity contribution in [3.8, 4) is 6.07 Å². The van der Waals surface area contributed by atoms with Crippen LogP contribution < -0.4 is 0 Å². The lowest BCUT2D eigenvalue weighted by Gasteiger charge is -2.29. The second-order valence-electron chi connectivity index (χ2n) is 6.32. The normalized spacial score (nSPS) is 24.0. The van der Waals surface area contributed by atoms with Crippen LogP contribution in [0.15, 0.2) is 54.9 Å². The van der Waals surface area contributed by atoms with Gasteiger partial charge in [-0.3, -0.25) is 14.7 Å². The van der Waals surface area contributed by atoms with Crippen molar-refractivity contribution in [1.29, 1.82) is 5.26 Å². The molecule has 0 spiro atoms. The van der Waals surface area contributed by atoms with E-state index in [4.69, 9.17) is 4.74 Å². The monoisotopic (exact) mass is 351 g/mol. The molecule has 4 atom stereocenters. The van der Waals surface area contributed by atoms with Gasteiger partial charge in [0.1, 0.15) is 6.04 Å². The van der Waals surface area contributed by atoms with E-state index in [1.165, 1.54) is 7.11 Å². The van der Waals surface area contributed by atoms with Crippen molar-refractivity contribution in [2.45, 2.75) is 18.0 Å². The number of rotatable bonds is 5. The van der Waals surface area contributed by atoms with Gasteiger partial charge in [0.15, 0.2) is 0 Å². The molecule has 0 amide bonds.